The standard InChI is InChI=1S/C3H5BN/c1-4-2-3-5/h2H2,1H3. The minimum atomic E-state index is 0.569. The Labute approximate surface area is 32.8 Å². The number of hydrogen-bond donors (Lipinski definition) is 0. The molecule has 2 heteroatoms. The quantitative estimate of drug-likeness (QED) is 0.413. The second-order valence-electron chi connectivity index (χ2n) is 0.770. The number of hydrogen-bond acceptors (Lipinski definition) is 1. The third-order valence-electron chi connectivity index (χ3n) is 0.295. The van der Waals surface area contributed by atoms with E-state index in [1.807, 2.05) is 20.2 Å². The first-order valence-electron chi connectivity index (χ1n) is 1.56. The van der Waals surface area contributed by atoms with Crippen LogP contribution in [0.5, 0.6) is 0 Å². The van der Waals surface area contributed by atoms with Gasteiger partial charge in [0.15, 0.2) is 0 Å². The predicted molar refractivity (Wildman–Crippen MR) is 22.0 cm³/mol. The van der Waals surface area contributed by atoms with Gasteiger partial charge in [0.2, 0.25) is 0 Å². The van der Waals surface area contributed by atoms with Crippen LogP contribution in [0.1, 0.15) is 0 Å². The highest BCUT2D eigenvalue weighted by molar-refractivity contribution is 6.34. The Morgan fingerprint density at radius 2 is 2.60 bits per heavy atom. The van der Waals surface area contributed by atoms with Crippen LogP contribution in [0, 0.1) is 11.3 Å². The molecule has 5 heavy (non-hydrogen) atoms. The lowest BCUT2D eigenvalue weighted by atomic mass is 9.79. The Morgan fingerprint density at radius 3 is 2.60 bits per heavy atom. The molecule has 0 spiro atoms. The summed E-state index contributed by atoms with van der Waals surface area (Å²) < 4.78 is 0. The zero-order valence-electron chi connectivity index (χ0n) is 3.23. The molecule has 0 saturated carbocycles. The lowest BCUT2D eigenvalue weighted by Gasteiger charge is -1.61. The summed E-state index contributed by atoms with van der Waals surface area (Å²) in [5.74, 6) is 0. The van der Waals surface area contributed by atoms with E-state index < -0.39 is 0 Å². The molecule has 0 aliphatic rings. The molecule has 0 bridgehead atoms. The fourth-order valence-electron chi connectivity index (χ4n) is 0.0913. The highest BCUT2D eigenvalue weighted by Crippen LogP contribution is 1.65. The number of nitrogens with zero attached hydrogens (tertiary/aromatic N) is 1. The zero-order chi connectivity index (χ0) is 4.12. The van der Waals surface area contributed by atoms with Gasteiger partial charge < -0.3 is 0 Å². The maximum atomic E-state index is 7.78. The lowest BCUT2D eigenvalue weighted by Crippen LogP contribution is -1.70. The molecule has 0 rings (SSSR count). The normalized spacial score (nSPS) is 5.60. The molecule has 0 atom stereocenters. The van der Waals surface area contributed by atoms with Crippen molar-refractivity contribution >= 4 is 7.28 Å². The summed E-state index contributed by atoms with van der Waals surface area (Å²) >= 11 is 0. The van der Waals surface area contributed by atoms with Gasteiger partial charge >= 0.3 is 0 Å². The van der Waals surface area contributed by atoms with E-state index in [9.17, 15) is 0 Å². The van der Waals surface area contributed by atoms with Crippen molar-refractivity contribution in [2.75, 3.05) is 0 Å². The average molecular weight is 65.9 g/mol. The molecule has 0 aliphatic heterocycles. The Balaban J connectivity index is 2.48. The van der Waals surface area contributed by atoms with Crippen molar-refractivity contribution < 1.29 is 0 Å². The minimum absolute atomic E-state index is 0.569. The van der Waals surface area contributed by atoms with Gasteiger partial charge in [-0.25, -0.2) is 0 Å². The van der Waals surface area contributed by atoms with Gasteiger partial charge in [-0.05, 0) is 0 Å². The predicted octanol–water partition coefficient (Wildman–Crippen LogP) is 0.681. The summed E-state index contributed by atoms with van der Waals surface area (Å²) in [5.41, 5.74) is 0. The SMILES string of the molecule is C[B]CC#N. The molecule has 0 aromatic heterocycles. The molecule has 1 radical (unpaired) electrons. The van der Waals surface area contributed by atoms with Gasteiger partial charge in [-0.15, -0.1) is 0 Å². The van der Waals surface area contributed by atoms with Gasteiger partial charge in [0.1, 0.15) is 7.28 Å². The second-order valence-corrected chi connectivity index (χ2v) is 0.770. The first kappa shape index (κ1) is 4.55. The molecule has 25 valence electrons. The largest absolute Gasteiger partial charge is 0.199 e. The molecule has 0 aromatic rings. The van der Waals surface area contributed by atoms with Crippen LogP contribution >= 0.6 is 0 Å². The van der Waals surface area contributed by atoms with E-state index in [1.54, 1.807) is 0 Å². The summed E-state index contributed by atoms with van der Waals surface area (Å²) in [4.78, 5) is 0. The van der Waals surface area contributed by atoms with E-state index in [0.29, 0.717) is 6.32 Å². The van der Waals surface area contributed by atoms with E-state index in [4.69, 9.17) is 5.26 Å². The van der Waals surface area contributed by atoms with E-state index in [-0.39, 0.29) is 0 Å². The van der Waals surface area contributed by atoms with Crippen molar-refractivity contribution in [2.24, 2.45) is 0 Å². The molecule has 1 nitrogen and oxygen atoms in total. The summed E-state index contributed by atoms with van der Waals surface area (Å²) in [7, 11) is 1.82. The number of nitriles is 1. The van der Waals surface area contributed by atoms with E-state index in [0.717, 1.165) is 0 Å². The van der Waals surface area contributed by atoms with Crippen LogP contribution in [0.2, 0.25) is 13.1 Å². The van der Waals surface area contributed by atoms with Crippen LogP contribution in [0.15, 0.2) is 0 Å². The highest BCUT2D eigenvalue weighted by Gasteiger charge is 1.69. The molecule has 0 aliphatic carbocycles. The van der Waals surface area contributed by atoms with Gasteiger partial charge in [0.05, 0.1) is 6.07 Å². The van der Waals surface area contributed by atoms with Crippen LogP contribution in [0.25, 0.3) is 0 Å². The second kappa shape index (κ2) is 3.55. The van der Waals surface area contributed by atoms with Crippen LogP contribution in [0.3, 0.4) is 0 Å². The molecule has 0 amide bonds. The van der Waals surface area contributed by atoms with Crippen molar-refractivity contribution in [2.45, 2.75) is 13.1 Å². The van der Waals surface area contributed by atoms with Gasteiger partial charge in [0.25, 0.3) is 0 Å². The summed E-state index contributed by atoms with van der Waals surface area (Å²) in [6, 6.07) is 1.96. The van der Waals surface area contributed by atoms with Crippen molar-refractivity contribution in [3.05, 3.63) is 0 Å². The van der Waals surface area contributed by atoms with Gasteiger partial charge in [-0.3, -0.25) is 0 Å². The van der Waals surface area contributed by atoms with Crippen molar-refractivity contribution in [1.29, 1.82) is 5.26 Å². The van der Waals surface area contributed by atoms with E-state index >= 15 is 0 Å². The first-order chi connectivity index (χ1) is 2.41. The third kappa shape index (κ3) is 3.55. The Bertz CT molecular complexity index is 45.3. The smallest absolute Gasteiger partial charge is 0.125 e. The number of rotatable bonds is 1. The fourth-order valence-corrected chi connectivity index (χ4v) is 0.0913. The van der Waals surface area contributed by atoms with Crippen molar-refractivity contribution in [3.8, 4) is 6.07 Å². The molecular formula is C3H5BN. The van der Waals surface area contributed by atoms with Crippen LogP contribution in [0.4, 0.5) is 0 Å². The molecule has 0 unspecified atom stereocenters. The van der Waals surface area contributed by atoms with E-state index in [1.165, 1.54) is 0 Å². The molecule has 0 aromatic carbocycles. The molecule has 0 fully saturated rings. The summed E-state index contributed by atoms with van der Waals surface area (Å²) in [6.45, 7) is 1.86. The Hall–Kier alpha value is -0.445. The monoisotopic (exact) mass is 66.1 g/mol. The average Bonchev–Trinajstić information content (AvgIpc) is 1.41. The molecule has 0 saturated heterocycles. The Kier molecular flexibility index (Phi) is 3.24. The molecule has 0 N–H and O–H groups in total. The van der Waals surface area contributed by atoms with Crippen molar-refractivity contribution in [3.63, 3.8) is 0 Å². The zero-order valence-corrected chi connectivity index (χ0v) is 3.23. The maximum absolute atomic E-state index is 7.78. The van der Waals surface area contributed by atoms with Crippen molar-refractivity contribution in [1.82, 2.24) is 0 Å². The minimum Gasteiger partial charge on any atom is -0.199 e. The lowest BCUT2D eigenvalue weighted by molar-refractivity contribution is 1.48. The molecular weight excluding hydrogens is 60.9 g/mol. The first-order valence-corrected chi connectivity index (χ1v) is 1.56. The summed E-state index contributed by atoms with van der Waals surface area (Å²) in [6.07, 6.45) is 0.569. The van der Waals surface area contributed by atoms with E-state index in [2.05, 4.69) is 0 Å². The summed E-state index contributed by atoms with van der Waals surface area (Å²) in [5, 5.41) is 7.78. The third-order valence-corrected chi connectivity index (χ3v) is 0.295. The highest BCUT2D eigenvalue weighted by atomic mass is 14.2. The van der Waals surface area contributed by atoms with Crippen LogP contribution < -0.4 is 0 Å². The van der Waals surface area contributed by atoms with Gasteiger partial charge in [-0.2, -0.15) is 5.26 Å². The fraction of sp³-hybridized carbons (Fsp3) is 0.667. The van der Waals surface area contributed by atoms with Crippen LogP contribution in [-0.4, -0.2) is 7.28 Å². The van der Waals surface area contributed by atoms with Crippen LogP contribution in [-0.2, 0) is 0 Å². The van der Waals surface area contributed by atoms with Gasteiger partial charge in [0, 0.05) is 6.32 Å². The maximum Gasteiger partial charge on any atom is 0.125 e. The topological polar surface area (TPSA) is 23.8 Å². The Morgan fingerprint density at radius 1 is 2.00 bits per heavy atom. The van der Waals surface area contributed by atoms with Gasteiger partial charge in [-0.1, -0.05) is 6.82 Å². The molecule has 0 heterocycles.